The van der Waals surface area contributed by atoms with E-state index in [-0.39, 0.29) is 29.7 Å². The summed E-state index contributed by atoms with van der Waals surface area (Å²) in [6.07, 6.45) is 6.38. The van der Waals surface area contributed by atoms with Gasteiger partial charge in [-0.25, -0.2) is 4.98 Å². The van der Waals surface area contributed by atoms with Gasteiger partial charge in [0.2, 0.25) is 11.8 Å². The lowest BCUT2D eigenvalue weighted by molar-refractivity contribution is -0.130. The van der Waals surface area contributed by atoms with Crippen LogP contribution in [0.25, 0.3) is 11.1 Å². The summed E-state index contributed by atoms with van der Waals surface area (Å²) in [6, 6.07) is 1.77. The van der Waals surface area contributed by atoms with Gasteiger partial charge in [0.15, 0.2) is 0 Å². The predicted octanol–water partition coefficient (Wildman–Crippen LogP) is 3.52. The van der Waals surface area contributed by atoms with Crippen LogP contribution in [0.15, 0.2) is 18.5 Å². The molecule has 154 valence electrons. The zero-order valence-electron chi connectivity index (χ0n) is 17.0. The Balaban J connectivity index is 1.51. The Bertz CT molecular complexity index is 968. The maximum absolute atomic E-state index is 12.6. The summed E-state index contributed by atoms with van der Waals surface area (Å²) in [6.45, 7) is 7.59. The quantitative estimate of drug-likeness (QED) is 0.828. The van der Waals surface area contributed by atoms with Gasteiger partial charge in [-0.15, -0.1) is 0 Å². The van der Waals surface area contributed by atoms with Crippen LogP contribution in [0.4, 0.5) is 5.82 Å². The van der Waals surface area contributed by atoms with Crippen LogP contribution in [0.5, 0.6) is 0 Å². The molecule has 0 saturated carbocycles. The molecular formula is C21H26ClN5O2. The summed E-state index contributed by atoms with van der Waals surface area (Å²) >= 11 is 6.43. The lowest BCUT2D eigenvalue weighted by Gasteiger charge is -2.22. The van der Waals surface area contributed by atoms with E-state index in [0.717, 1.165) is 49.2 Å². The number of aromatic nitrogens is 3. The molecule has 0 radical (unpaired) electrons. The SMILES string of the molecule is CC(=O)N1CCCC1CC(=O)Nc1cc(-c2cnn3c2CC(C)(C)C3)c(Cl)cn1. The molecule has 0 spiro atoms. The molecule has 0 bridgehead atoms. The Morgan fingerprint density at radius 2 is 2.10 bits per heavy atom. The second kappa shape index (κ2) is 7.44. The Labute approximate surface area is 175 Å². The first kappa shape index (κ1) is 19.9. The minimum Gasteiger partial charge on any atom is -0.339 e. The highest BCUT2D eigenvalue weighted by atomic mass is 35.5. The number of nitrogens with one attached hydrogen (secondary N) is 1. The average molecular weight is 416 g/mol. The number of fused-ring (bicyclic) bond motifs is 1. The molecule has 2 amide bonds. The van der Waals surface area contributed by atoms with E-state index in [1.165, 1.54) is 0 Å². The van der Waals surface area contributed by atoms with Crippen molar-refractivity contribution in [3.63, 3.8) is 0 Å². The fourth-order valence-corrected chi connectivity index (χ4v) is 4.66. The average Bonchev–Trinajstić information content (AvgIpc) is 3.30. The fourth-order valence-electron chi connectivity index (χ4n) is 4.46. The second-order valence-corrected chi connectivity index (χ2v) is 9.22. The maximum Gasteiger partial charge on any atom is 0.227 e. The van der Waals surface area contributed by atoms with Crippen LogP contribution in [0.2, 0.25) is 5.02 Å². The number of nitrogens with zero attached hydrogens (tertiary/aromatic N) is 4. The lowest BCUT2D eigenvalue weighted by atomic mass is 9.89. The largest absolute Gasteiger partial charge is 0.339 e. The van der Waals surface area contributed by atoms with Crippen molar-refractivity contribution >= 4 is 29.2 Å². The van der Waals surface area contributed by atoms with E-state index >= 15 is 0 Å². The molecule has 0 aliphatic carbocycles. The van der Waals surface area contributed by atoms with Crippen LogP contribution < -0.4 is 5.32 Å². The lowest BCUT2D eigenvalue weighted by Crippen LogP contribution is -2.36. The van der Waals surface area contributed by atoms with Gasteiger partial charge in [0, 0.05) is 55.5 Å². The molecule has 2 aromatic heterocycles. The highest BCUT2D eigenvalue weighted by molar-refractivity contribution is 6.33. The van der Waals surface area contributed by atoms with Gasteiger partial charge in [0.05, 0.1) is 11.2 Å². The molecule has 0 aromatic carbocycles. The van der Waals surface area contributed by atoms with Gasteiger partial charge in [0.25, 0.3) is 0 Å². The van der Waals surface area contributed by atoms with Gasteiger partial charge < -0.3 is 10.2 Å². The van der Waals surface area contributed by atoms with Crippen LogP contribution in [0.1, 0.15) is 45.7 Å². The van der Waals surface area contributed by atoms with Gasteiger partial charge in [-0.2, -0.15) is 5.10 Å². The van der Waals surface area contributed by atoms with E-state index < -0.39 is 0 Å². The number of hydrogen-bond acceptors (Lipinski definition) is 4. The first-order chi connectivity index (χ1) is 13.7. The van der Waals surface area contributed by atoms with E-state index in [2.05, 4.69) is 29.2 Å². The number of carbonyl (C=O) groups excluding carboxylic acids is 2. The molecule has 2 aromatic rings. The molecule has 2 aliphatic heterocycles. The summed E-state index contributed by atoms with van der Waals surface area (Å²) < 4.78 is 2.03. The number of likely N-dealkylation sites (tertiary alicyclic amines) is 1. The molecular weight excluding hydrogens is 390 g/mol. The van der Waals surface area contributed by atoms with Gasteiger partial charge in [-0.3, -0.25) is 14.3 Å². The molecule has 4 rings (SSSR count). The normalized spacial score (nSPS) is 20.0. The van der Waals surface area contributed by atoms with E-state index in [1.54, 1.807) is 24.1 Å². The van der Waals surface area contributed by atoms with Crippen molar-refractivity contribution < 1.29 is 9.59 Å². The van der Waals surface area contributed by atoms with Gasteiger partial charge in [0.1, 0.15) is 5.82 Å². The zero-order chi connectivity index (χ0) is 20.8. The van der Waals surface area contributed by atoms with Gasteiger partial charge in [-0.05, 0) is 30.7 Å². The van der Waals surface area contributed by atoms with Crippen molar-refractivity contribution in [3.8, 4) is 11.1 Å². The molecule has 1 N–H and O–H groups in total. The molecule has 1 fully saturated rings. The van der Waals surface area contributed by atoms with Crippen LogP contribution in [-0.4, -0.2) is 44.1 Å². The van der Waals surface area contributed by atoms with E-state index in [9.17, 15) is 9.59 Å². The molecule has 7 nitrogen and oxygen atoms in total. The zero-order valence-corrected chi connectivity index (χ0v) is 17.8. The summed E-state index contributed by atoms with van der Waals surface area (Å²) in [5.74, 6) is 0.328. The van der Waals surface area contributed by atoms with Crippen molar-refractivity contribution in [2.24, 2.45) is 5.41 Å². The third-order valence-electron chi connectivity index (χ3n) is 5.79. The Morgan fingerprint density at radius 3 is 2.86 bits per heavy atom. The first-order valence-electron chi connectivity index (χ1n) is 10.0. The predicted molar refractivity (Wildman–Crippen MR) is 112 cm³/mol. The number of pyridine rings is 1. The minimum absolute atomic E-state index is 0.0187. The van der Waals surface area contributed by atoms with E-state index in [0.29, 0.717) is 10.8 Å². The molecule has 4 heterocycles. The Kier molecular flexibility index (Phi) is 5.11. The molecule has 29 heavy (non-hydrogen) atoms. The topological polar surface area (TPSA) is 80.1 Å². The number of carbonyl (C=O) groups is 2. The van der Waals surface area contributed by atoms with Gasteiger partial charge >= 0.3 is 0 Å². The summed E-state index contributed by atoms with van der Waals surface area (Å²) in [5.41, 5.74) is 3.13. The summed E-state index contributed by atoms with van der Waals surface area (Å²) in [5, 5.41) is 7.90. The van der Waals surface area contributed by atoms with Crippen molar-refractivity contribution in [1.82, 2.24) is 19.7 Å². The molecule has 1 unspecified atom stereocenters. The number of halogens is 1. The first-order valence-corrected chi connectivity index (χ1v) is 10.4. The number of anilines is 1. The monoisotopic (exact) mass is 415 g/mol. The number of hydrogen-bond donors (Lipinski definition) is 1. The Hall–Kier alpha value is -2.41. The molecule has 8 heteroatoms. The Morgan fingerprint density at radius 1 is 1.31 bits per heavy atom. The fraction of sp³-hybridized carbons (Fsp3) is 0.524. The summed E-state index contributed by atoms with van der Waals surface area (Å²) in [4.78, 5) is 30.3. The minimum atomic E-state index is -0.148. The van der Waals surface area contributed by atoms with E-state index in [4.69, 9.17) is 11.6 Å². The third kappa shape index (κ3) is 4.01. The standard InChI is InChI=1S/C21H26ClN5O2/c1-13(28)26-6-4-5-14(26)7-20(29)25-19-8-15(17(22)11-23-19)16-10-24-27-12-21(2,3)9-18(16)27/h8,10-11,14H,4-7,9,12H2,1-3H3,(H,23,25,29). The smallest absolute Gasteiger partial charge is 0.227 e. The van der Waals surface area contributed by atoms with E-state index in [1.807, 2.05) is 10.9 Å². The van der Waals surface area contributed by atoms with Crippen LogP contribution in [-0.2, 0) is 22.6 Å². The maximum atomic E-state index is 12.6. The molecule has 1 atom stereocenters. The van der Waals surface area contributed by atoms with Gasteiger partial charge in [-0.1, -0.05) is 25.4 Å². The highest BCUT2D eigenvalue weighted by Crippen LogP contribution is 2.39. The molecule has 1 saturated heterocycles. The molecule has 2 aliphatic rings. The number of rotatable bonds is 4. The van der Waals surface area contributed by atoms with Crippen LogP contribution >= 0.6 is 11.6 Å². The second-order valence-electron chi connectivity index (χ2n) is 8.81. The van der Waals surface area contributed by atoms with Crippen molar-refractivity contribution in [3.05, 3.63) is 29.2 Å². The van der Waals surface area contributed by atoms with Crippen molar-refractivity contribution in [2.45, 2.75) is 59.0 Å². The van der Waals surface area contributed by atoms with Crippen molar-refractivity contribution in [1.29, 1.82) is 0 Å². The van der Waals surface area contributed by atoms with Crippen molar-refractivity contribution in [2.75, 3.05) is 11.9 Å². The highest BCUT2D eigenvalue weighted by Gasteiger charge is 2.32. The number of amides is 2. The third-order valence-corrected chi connectivity index (χ3v) is 6.09. The van der Waals surface area contributed by atoms with Crippen LogP contribution in [0, 0.1) is 5.41 Å². The van der Waals surface area contributed by atoms with Crippen LogP contribution in [0.3, 0.4) is 0 Å². The summed E-state index contributed by atoms with van der Waals surface area (Å²) in [7, 11) is 0.